The number of rotatable bonds is 1. The number of esters is 1. The Balaban J connectivity index is 3.38. The van der Waals surface area contributed by atoms with Gasteiger partial charge in [0.15, 0.2) is 0 Å². The predicted molar refractivity (Wildman–Crippen MR) is 42.2 cm³/mol. The van der Waals surface area contributed by atoms with E-state index in [1.165, 1.54) is 0 Å². The summed E-state index contributed by atoms with van der Waals surface area (Å²) in [6, 6.07) is -2.67. The maximum absolute atomic E-state index is 11.5. The maximum atomic E-state index is 11.5. The molecule has 0 heterocycles. The van der Waals surface area contributed by atoms with Gasteiger partial charge >= 0.3 is 5.97 Å². The van der Waals surface area contributed by atoms with Crippen LogP contribution in [0.4, 0.5) is 5.69 Å². The summed E-state index contributed by atoms with van der Waals surface area (Å²) in [4.78, 5) is 11.5. The molecule has 0 aromatic heterocycles. The summed E-state index contributed by atoms with van der Waals surface area (Å²) in [6.45, 7) is 0. The van der Waals surface area contributed by atoms with Gasteiger partial charge < -0.3 is 10.5 Å². The Kier molecular flexibility index (Phi) is 0.698. The zero-order chi connectivity index (χ0) is 14.2. The number of hydrogen-bond acceptors (Lipinski definition) is 3. The molecule has 0 spiro atoms. The first-order valence-electron chi connectivity index (χ1n) is 6.15. The number of anilines is 1. The molecular formula is C8H9NO2. The number of carbonyl (C=O) groups excluding carboxylic acids is 1. The van der Waals surface area contributed by atoms with Gasteiger partial charge in [0.2, 0.25) is 0 Å². The molecule has 0 aliphatic carbocycles. The molecule has 2 N–H and O–H groups in total. The molecule has 1 aromatic carbocycles. The Hall–Kier alpha value is -1.51. The lowest BCUT2D eigenvalue weighted by Crippen LogP contribution is -2.01. The Morgan fingerprint density at radius 1 is 1.82 bits per heavy atom. The first-order valence-corrected chi connectivity index (χ1v) is 2.65. The third kappa shape index (κ3) is 1.70. The molecule has 0 aliphatic heterocycles. The van der Waals surface area contributed by atoms with Crippen LogP contribution in [0.15, 0.2) is 24.2 Å². The maximum Gasteiger partial charge on any atom is 0.337 e. The van der Waals surface area contributed by atoms with E-state index in [-0.39, 0.29) is 0 Å². The summed E-state index contributed by atoms with van der Waals surface area (Å²) in [7, 11) is -3.02. The van der Waals surface area contributed by atoms with Crippen molar-refractivity contribution in [2.24, 2.45) is 0 Å². The third-order valence-electron chi connectivity index (χ3n) is 0.941. The van der Waals surface area contributed by atoms with Crippen molar-refractivity contribution in [1.82, 2.24) is 0 Å². The van der Waals surface area contributed by atoms with Gasteiger partial charge in [0.1, 0.15) is 0 Å². The first-order chi connectivity index (χ1) is 8.06. The molecule has 0 radical (unpaired) electrons. The lowest BCUT2D eigenvalue weighted by Gasteiger charge is -1.98. The number of hydrogen-bond donors (Lipinski definition) is 1. The fourth-order valence-electron chi connectivity index (χ4n) is 0.511. The number of carbonyl (C=O) groups is 1. The van der Waals surface area contributed by atoms with Crippen molar-refractivity contribution < 1.29 is 19.1 Å². The highest BCUT2D eigenvalue weighted by Gasteiger charge is 2.02. The molecule has 3 heteroatoms. The fraction of sp³-hybridized carbons (Fsp3) is 0.125. The highest BCUT2D eigenvalue weighted by atomic mass is 16.5. The minimum absolute atomic E-state index is 0.478. The first kappa shape index (κ1) is 2.52. The summed E-state index contributed by atoms with van der Waals surface area (Å²) < 4.78 is 53.9. The van der Waals surface area contributed by atoms with Crippen molar-refractivity contribution in [2.75, 3.05) is 12.8 Å². The lowest BCUT2D eigenvalue weighted by molar-refractivity contribution is 0.0601. The van der Waals surface area contributed by atoms with Crippen LogP contribution in [-0.2, 0) is 4.74 Å². The lowest BCUT2D eigenvalue weighted by atomic mass is 10.2. The molecule has 11 heavy (non-hydrogen) atoms. The predicted octanol–water partition coefficient (Wildman–Crippen LogP) is 1.06. The van der Waals surface area contributed by atoms with Crippen LogP contribution in [-0.4, -0.2) is 13.0 Å². The quantitative estimate of drug-likeness (QED) is 0.491. The molecule has 0 unspecified atom stereocenters. The molecule has 3 nitrogen and oxygen atoms in total. The van der Waals surface area contributed by atoms with Crippen LogP contribution < -0.4 is 5.73 Å². The van der Waals surface area contributed by atoms with E-state index >= 15 is 0 Å². The van der Waals surface area contributed by atoms with Crippen LogP contribution in [0, 0.1) is 0 Å². The molecule has 0 saturated heterocycles. The van der Waals surface area contributed by atoms with E-state index in [1.807, 2.05) is 0 Å². The van der Waals surface area contributed by atoms with Crippen LogP contribution in [0.2, 0.25) is 0 Å². The molecule has 0 fully saturated rings. The van der Waals surface area contributed by atoms with Crippen molar-refractivity contribution in [3.8, 4) is 0 Å². The van der Waals surface area contributed by atoms with Crippen molar-refractivity contribution >= 4 is 11.7 Å². The van der Waals surface area contributed by atoms with Crippen LogP contribution >= 0.6 is 0 Å². The van der Waals surface area contributed by atoms with Gasteiger partial charge in [-0.25, -0.2) is 4.79 Å². The Bertz CT molecular complexity index is 482. The number of methoxy groups -OCH3 is 1. The van der Waals surface area contributed by atoms with Crippen LogP contribution in [0.5, 0.6) is 0 Å². The van der Waals surface area contributed by atoms with Gasteiger partial charge in [0.05, 0.1) is 22.2 Å². The number of nitrogen functional groups attached to an aromatic ring is 1. The molecule has 0 aliphatic rings. The molecular weight excluding hydrogens is 142 g/mol. The molecule has 0 atom stereocenters. The highest BCUT2D eigenvalue weighted by molar-refractivity contribution is 5.90. The second-order valence-electron chi connectivity index (χ2n) is 1.68. The topological polar surface area (TPSA) is 52.3 Å². The standard InChI is InChI=1S/C8H9NO2/c1-11-8(10)6-3-2-4-7(9)5-6/h2-5H,9H2,1H3/i1D3,2D,3D,4D,5D. The summed E-state index contributed by atoms with van der Waals surface area (Å²) >= 11 is 0. The van der Waals surface area contributed by atoms with Gasteiger partial charge in [0.25, 0.3) is 0 Å². The van der Waals surface area contributed by atoms with E-state index in [1.54, 1.807) is 0 Å². The van der Waals surface area contributed by atoms with Crippen molar-refractivity contribution in [1.29, 1.82) is 0 Å². The van der Waals surface area contributed by atoms with E-state index in [0.717, 1.165) is 0 Å². The monoisotopic (exact) mass is 158 g/mol. The second kappa shape index (κ2) is 3.05. The molecule has 1 rings (SSSR count). The number of ether oxygens (including phenoxy) is 1. The average Bonchev–Trinajstić information content (AvgIpc) is 2.21. The third-order valence-corrected chi connectivity index (χ3v) is 0.941. The van der Waals surface area contributed by atoms with Crippen LogP contribution in [0.1, 0.15) is 20.0 Å². The summed E-state index contributed by atoms with van der Waals surface area (Å²) in [6.07, 6.45) is 0. The summed E-state index contributed by atoms with van der Waals surface area (Å²) in [5, 5.41) is 0. The van der Waals surface area contributed by atoms with Crippen molar-refractivity contribution in [3.05, 3.63) is 29.7 Å². The fourth-order valence-corrected chi connectivity index (χ4v) is 0.511. The molecule has 1 aromatic rings. The van der Waals surface area contributed by atoms with E-state index < -0.39 is 48.4 Å². The van der Waals surface area contributed by atoms with Crippen molar-refractivity contribution in [2.45, 2.75) is 0 Å². The van der Waals surface area contributed by atoms with E-state index in [0.29, 0.717) is 0 Å². The molecule has 0 amide bonds. The average molecular weight is 158 g/mol. The summed E-state index contributed by atoms with van der Waals surface area (Å²) in [5.41, 5.74) is 4.12. The Morgan fingerprint density at radius 3 is 3.36 bits per heavy atom. The smallest absolute Gasteiger partial charge is 0.337 e. The highest BCUT2D eigenvalue weighted by Crippen LogP contribution is 2.06. The Morgan fingerprint density at radius 2 is 2.64 bits per heavy atom. The van der Waals surface area contributed by atoms with Gasteiger partial charge in [-0.05, 0) is 18.1 Å². The Labute approximate surface area is 74.6 Å². The van der Waals surface area contributed by atoms with Gasteiger partial charge in [-0.15, -0.1) is 0 Å². The molecule has 0 saturated carbocycles. The van der Waals surface area contributed by atoms with E-state index in [2.05, 4.69) is 4.74 Å². The van der Waals surface area contributed by atoms with Gasteiger partial charge in [-0.1, -0.05) is 6.04 Å². The number of benzene rings is 1. The molecule has 0 bridgehead atoms. The second-order valence-corrected chi connectivity index (χ2v) is 1.68. The normalized spacial score (nSPS) is 19.5. The van der Waals surface area contributed by atoms with Crippen LogP contribution in [0.25, 0.3) is 0 Å². The van der Waals surface area contributed by atoms with E-state index in [4.69, 9.17) is 15.3 Å². The van der Waals surface area contributed by atoms with Crippen molar-refractivity contribution in [3.63, 3.8) is 0 Å². The van der Waals surface area contributed by atoms with Crippen LogP contribution in [0.3, 0.4) is 0 Å². The molecule has 58 valence electrons. The van der Waals surface area contributed by atoms with Gasteiger partial charge in [-0.2, -0.15) is 0 Å². The van der Waals surface area contributed by atoms with E-state index in [9.17, 15) is 4.79 Å². The zero-order valence-electron chi connectivity index (χ0n) is 12.4. The largest absolute Gasteiger partial charge is 0.465 e. The van der Waals surface area contributed by atoms with Gasteiger partial charge in [0, 0.05) is 5.69 Å². The number of nitrogens with two attached hydrogens (primary N) is 1. The SMILES string of the molecule is [2H]c1c([2H])c(N)c([2H])c(C(=O)OC([2H])([2H])[2H])c1[2H]. The van der Waals surface area contributed by atoms with Gasteiger partial charge in [-0.3, -0.25) is 0 Å². The minimum atomic E-state index is -3.02. The minimum Gasteiger partial charge on any atom is -0.465 e. The summed E-state index contributed by atoms with van der Waals surface area (Å²) in [5.74, 6) is -1.44. The zero-order valence-corrected chi connectivity index (χ0v) is 5.39.